The highest BCUT2D eigenvalue weighted by Crippen LogP contribution is 2.29. The molecule has 0 N–H and O–H groups in total. The molecule has 1 unspecified atom stereocenters. The van der Waals surface area contributed by atoms with Crippen molar-refractivity contribution in [2.45, 2.75) is 18.9 Å². The van der Waals surface area contributed by atoms with Gasteiger partial charge in [0.25, 0.3) is 0 Å². The van der Waals surface area contributed by atoms with Crippen LogP contribution in [0.3, 0.4) is 0 Å². The number of hydrogen-bond donors (Lipinski definition) is 0. The Morgan fingerprint density at radius 1 is 1.29 bits per heavy atom. The van der Waals surface area contributed by atoms with Crippen molar-refractivity contribution >= 4 is 5.65 Å². The molecule has 0 saturated heterocycles. The summed E-state index contributed by atoms with van der Waals surface area (Å²) in [6.07, 6.45) is 9.11. The Morgan fingerprint density at radius 3 is 3.24 bits per heavy atom. The fraction of sp³-hybridized carbons (Fsp3) is 0.231. The molecule has 84 valence electrons. The van der Waals surface area contributed by atoms with Crippen molar-refractivity contribution < 1.29 is 0 Å². The van der Waals surface area contributed by atoms with E-state index < -0.39 is 0 Å². The van der Waals surface area contributed by atoms with Gasteiger partial charge in [0.2, 0.25) is 0 Å². The average Bonchev–Trinajstić information content (AvgIpc) is 3.02. The number of rotatable bonds is 1. The van der Waals surface area contributed by atoms with Crippen LogP contribution in [0.25, 0.3) is 5.65 Å². The van der Waals surface area contributed by atoms with Gasteiger partial charge in [-0.1, -0.05) is 0 Å². The van der Waals surface area contributed by atoms with Gasteiger partial charge in [0.15, 0.2) is 5.65 Å². The number of aromatic nitrogens is 4. The minimum Gasteiger partial charge on any atom is -0.351 e. The maximum atomic E-state index is 4.42. The van der Waals surface area contributed by atoms with Crippen molar-refractivity contribution in [2.75, 3.05) is 0 Å². The van der Waals surface area contributed by atoms with Crippen LogP contribution >= 0.6 is 0 Å². The van der Waals surface area contributed by atoms with Crippen LogP contribution in [-0.2, 0) is 13.0 Å². The van der Waals surface area contributed by atoms with E-state index in [1.165, 1.54) is 11.3 Å². The topological polar surface area (TPSA) is 35.1 Å². The first-order valence-corrected chi connectivity index (χ1v) is 5.83. The summed E-state index contributed by atoms with van der Waals surface area (Å²) in [5.74, 6) is 0.535. The normalized spacial score (nSPS) is 18.7. The van der Waals surface area contributed by atoms with E-state index in [2.05, 4.69) is 39.2 Å². The molecule has 3 aromatic heterocycles. The molecule has 0 spiro atoms. The highest BCUT2D eigenvalue weighted by molar-refractivity contribution is 5.37. The van der Waals surface area contributed by atoms with E-state index in [1.807, 2.05) is 16.8 Å². The third kappa shape index (κ3) is 1.30. The van der Waals surface area contributed by atoms with Gasteiger partial charge in [-0.3, -0.25) is 0 Å². The molecule has 0 bridgehead atoms. The Bertz CT molecular complexity index is 659. The molecule has 1 aliphatic heterocycles. The summed E-state index contributed by atoms with van der Waals surface area (Å²) in [7, 11) is 0. The molecule has 0 aromatic carbocycles. The van der Waals surface area contributed by atoms with Gasteiger partial charge in [-0.05, 0) is 24.1 Å². The second kappa shape index (κ2) is 3.20. The lowest BCUT2D eigenvalue weighted by atomic mass is 10.00. The first-order valence-electron chi connectivity index (χ1n) is 5.83. The standard InChI is InChI=1S/C13H12N4/c1-2-12-6-10(8-16(12)5-1)11-7-14-13-3-4-15-17(13)9-11/h1-5,7,9-10H,6,8H2. The van der Waals surface area contributed by atoms with Crippen molar-refractivity contribution in [1.82, 2.24) is 19.2 Å². The summed E-state index contributed by atoms with van der Waals surface area (Å²) in [5, 5.41) is 4.23. The van der Waals surface area contributed by atoms with Gasteiger partial charge in [0.1, 0.15) is 0 Å². The second-order valence-electron chi connectivity index (χ2n) is 4.57. The van der Waals surface area contributed by atoms with Crippen LogP contribution in [0.15, 0.2) is 43.0 Å². The van der Waals surface area contributed by atoms with E-state index in [9.17, 15) is 0 Å². The molecule has 0 saturated carbocycles. The maximum absolute atomic E-state index is 4.42. The summed E-state index contributed by atoms with van der Waals surface area (Å²) in [4.78, 5) is 4.42. The molecular weight excluding hydrogens is 212 g/mol. The monoisotopic (exact) mass is 224 g/mol. The molecule has 4 heterocycles. The van der Waals surface area contributed by atoms with Gasteiger partial charge < -0.3 is 4.57 Å². The summed E-state index contributed by atoms with van der Waals surface area (Å²) >= 11 is 0. The molecule has 4 heteroatoms. The van der Waals surface area contributed by atoms with E-state index >= 15 is 0 Å². The second-order valence-corrected chi connectivity index (χ2v) is 4.57. The van der Waals surface area contributed by atoms with Crippen LogP contribution in [0.1, 0.15) is 17.2 Å². The van der Waals surface area contributed by atoms with Crippen molar-refractivity contribution in [3.63, 3.8) is 0 Å². The molecule has 4 rings (SSSR count). The predicted molar refractivity (Wildman–Crippen MR) is 63.9 cm³/mol. The zero-order valence-corrected chi connectivity index (χ0v) is 9.32. The van der Waals surface area contributed by atoms with E-state index in [1.54, 1.807) is 6.20 Å². The number of fused-ring (bicyclic) bond motifs is 2. The highest BCUT2D eigenvalue weighted by Gasteiger charge is 2.22. The summed E-state index contributed by atoms with van der Waals surface area (Å²) in [6.45, 7) is 1.05. The molecule has 1 atom stereocenters. The van der Waals surface area contributed by atoms with Crippen molar-refractivity contribution in [3.8, 4) is 0 Å². The van der Waals surface area contributed by atoms with Crippen LogP contribution in [0.5, 0.6) is 0 Å². The Hall–Kier alpha value is -2.10. The van der Waals surface area contributed by atoms with Gasteiger partial charge in [-0.15, -0.1) is 0 Å². The zero-order chi connectivity index (χ0) is 11.2. The smallest absolute Gasteiger partial charge is 0.154 e. The van der Waals surface area contributed by atoms with Crippen LogP contribution in [0.4, 0.5) is 0 Å². The molecule has 4 nitrogen and oxygen atoms in total. The third-order valence-electron chi connectivity index (χ3n) is 3.53. The molecule has 0 radical (unpaired) electrons. The summed E-state index contributed by atoms with van der Waals surface area (Å²) in [6, 6.07) is 6.22. The lowest BCUT2D eigenvalue weighted by Gasteiger charge is -2.08. The molecule has 3 aromatic rings. The average molecular weight is 224 g/mol. The van der Waals surface area contributed by atoms with E-state index in [0.717, 1.165) is 18.6 Å². The van der Waals surface area contributed by atoms with E-state index in [4.69, 9.17) is 0 Å². The van der Waals surface area contributed by atoms with Crippen molar-refractivity contribution in [1.29, 1.82) is 0 Å². The minimum absolute atomic E-state index is 0.535. The van der Waals surface area contributed by atoms with Crippen molar-refractivity contribution in [3.05, 3.63) is 54.2 Å². The summed E-state index contributed by atoms with van der Waals surface area (Å²) in [5.41, 5.74) is 3.59. The fourth-order valence-corrected chi connectivity index (χ4v) is 2.63. The van der Waals surface area contributed by atoms with E-state index in [-0.39, 0.29) is 0 Å². The van der Waals surface area contributed by atoms with Crippen LogP contribution in [0, 0.1) is 0 Å². The molecule has 0 amide bonds. The summed E-state index contributed by atoms with van der Waals surface area (Å²) < 4.78 is 4.17. The van der Waals surface area contributed by atoms with Crippen molar-refractivity contribution in [2.24, 2.45) is 0 Å². The fourth-order valence-electron chi connectivity index (χ4n) is 2.63. The van der Waals surface area contributed by atoms with Gasteiger partial charge >= 0.3 is 0 Å². The lowest BCUT2D eigenvalue weighted by Crippen LogP contribution is -2.03. The molecule has 0 aliphatic carbocycles. The number of hydrogen-bond acceptors (Lipinski definition) is 2. The maximum Gasteiger partial charge on any atom is 0.154 e. The minimum atomic E-state index is 0.535. The van der Waals surface area contributed by atoms with Gasteiger partial charge in [-0.2, -0.15) is 5.10 Å². The predicted octanol–water partition coefficient (Wildman–Crippen LogP) is 1.87. The molecule has 0 fully saturated rings. The first-order chi connectivity index (χ1) is 8.40. The Balaban J connectivity index is 1.73. The van der Waals surface area contributed by atoms with Gasteiger partial charge in [0.05, 0.1) is 6.20 Å². The number of nitrogens with zero attached hydrogens (tertiary/aromatic N) is 4. The van der Waals surface area contributed by atoms with Crippen LogP contribution < -0.4 is 0 Å². The van der Waals surface area contributed by atoms with Gasteiger partial charge in [-0.25, -0.2) is 9.50 Å². The molecule has 1 aliphatic rings. The Labute approximate surface area is 98.5 Å². The SMILES string of the molecule is c1cc2n(c1)CC(c1cnc3ccnn3c1)C2. The third-order valence-corrected chi connectivity index (χ3v) is 3.53. The highest BCUT2D eigenvalue weighted by atomic mass is 15.2. The van der Waals surface area contributed by atoms with Crippen LogP contribution in [0.2, 0.25) is 0 Å². The lowest BCUT2D eigenvalue weighted by molar-refractivity contribution is 0.644. The van der Waals surface area contributed by atoms with Crippen LogP contribution in [-0.4, -0.2) is 19.2 Å². The molecular formula is C13H12N4. The zero-order valence-electron chi connectivity index (χ0n) is 9.32. The molecule has 17 heavy (non-hydrogen) atoms. The largest absolute Gasteiger partial charge is 0.351 e. The first kappa shape index (κ1) is 8.98. The quantitative estimate of drug-likeness (QED) is 0.632. The van der Waals surface area contributed by atoms with E-state index in [0.29, 0.717) is 5.92 Å². The Kier molecular flexibility index (Phi) is 1.69. The Morgan fingerprint density at radius 2 is 2.29 bits per heavy atom. The van der Waals surface area contributed by atoms with Gasteiger partial charge in [0, 0.05) is 42.8 Å².